The summed E-state index contributed by atoms with van der Waals surface area (Å²) in [6.45, 7) is 16.9. The van der Waals surface area contributed by atoms with E-state index in [2.05, 4.69) is 208 Å². The second-order valence-electron chi connectivity index (χ2n) is 20.9. The molecule has 10 aromatic carbocycles. The third kappa shape index (κ3) is 6.32. The SMILES string of the molecule is C=Cc1ccc(C2(c3ccc(F)cc3C)c3ccccc3-c3ccc(N(c4ccc5c(c4)C(C)(C)c4ccccc4-5)c4ccc5c(c4)C(c4ccc(C=C)cc4)(c4ccc(F)cc4C)c4ccccc4-5)cc32)cc1. The van der Waals surface area contributed by atoms with Crippen LogP contribution in [-0.2, 0) is 16.2 Å². The van der Waals surface area contributed by atoms with Crippen molar-refractivity contribution in [3.05, 3.63) is 315 Å². The minimum atomic E-state index is -0.806. The lowest BCUT2D eigenvalue weighted by molar-refractivity contribution is 0.622. The topological polar surface area (TPSA) is 3.24 Å². The first kappa shape index (κ1) is 45.2. The van der Waals surface area contributed by atoms with E-state index in [1.54, 1.807) is 24.3 Å². The van der Waals surface area contributed by atoms with Gasteiger partial charge in [0.1, 0.15) is 11.6 Å². The van der Waals surface area contributed by atoms with Gasteiger partial charge in [-0.1, -0.05) is 191 Å². The van der Waals surface area contributed by atoms with Crippen LogP contribution in [0.3, 0.4) is 0 Å². The first-order chi connectivity index (χ1) is 36.0. The Morgan fingerprint density at radius 2 is 0.703 bits per heavy atom. The van der Waals surface area contributed by atoms with Crippen molar-refractivity contribution in [2.45, 2.75) is 43.9 Å². The van der Waals surface area contributed by atoms with Crippen LogP contribution in [0.2, 0.25) is 0 Å². The largest absolute Gasteiger partial charge is 0.310 e. The summed E-state index contributed by atoms with van der Waals surface area (Å²) in [5.74, 6) is -0.530. The van der Waals surface area contributed by atoms with Gasteiger partial charge in [-0.15, -0.1) is 0 Å². The minimum absolute atomic E-state index is 0.257. The van der Waals surface area contributed by atoms with Gasteiger partial charge in [0.2, 0.25) is 0 Å². The molecule has 3 heteroatoms. The molecule has 2 atom stereocenters. The van der Waals surface area contributed by atoms with Gasteiger partial charge in [-0.25, -0.2) is 8.78 Å². The number of fused-ring (bicyclic) bond motifs is 9. The number of hydrogen-bond acceptors (Lipinski definition) is 1. The summed E-state index contributed by atoms with van der Waals surface area (Å²) in [5.41, 5.74) is 23.3. The number of halogens is 2. The molecule has 0 N–H and O–H groups in total. The first-order valence-corrected chi connectivity index (χ1v) is 25.5. The fraction of sp³-hybridized carbons (Fsp3) is 0.0986. The molecule has 0 fully saturated rings. The highest BCUT2D eigenvalue weighted by Gasteiger charge is 2.49. The Kier molecular flexibility index (Phi) is 10.2. The van der Waals surface area contributed by atoms with Crippen molar-refractivity contribution in [1.82, 2.24) is 0 Å². The predicted molar refractivity (Wildman–Crippen MR) is 303 cm³/mol. The highest BCUT2D eigenvalue weighted by atomic mass is 19.1. The Hall–Kier alpha value is -8.66. The third-order valence-electron chi connectivity index (χ3n) is 16.7. The number of nitrogens with zero attached hydrogens (tertiary/aromatic N) is 1. The number of anilines is 3. The van der Waals surface area contributed by atoms with Crippen molar-refractivity contribution in [3.63, 3.8) is 0 Å². The lowest BCUT2D eigenvalue weighted by Gasteiger charge is -2.37. The van der Waals surface area contributed by atoms with Crippen molar-refractivity contribution in [2.24, 2.45) is 0 Å². The Labute approximate surface area is 433 Å². The molecule has 2 unspecified atom stereocenters. The summed E-state index contributed by atoms with van der Waals surface area (Å²) in [6, 6.07) is 75.0. The van der Waals surface area contributed by atoms with Gasteiger partial charge in [-0.3, -0.25) is 0 Å². The molecule has 74 heavy (non-hydrogen) atoms. The Morgan fingerprint density at radius 3 is 1.11 bits per heavy atom. The second-order valence-corrected chi connectivity index (χ2v) is 20.9. The fourth-order valence-electron chi connectivity index (χ4n) is 13.4. The highest BCUT2D eigenvalue weighted by molar-refractivity contribution is 5.94. The molecule has 0 amide bonds. The van der Waals surface area contributed by atoms with E-state index in [0.717, 1.165) is 106 Å². The van der Waals surface area contributed by atoms with Gasteiger partial charge in [-0.2, -0.15) is 0 Å². The van der Waals surface area contributed by atoms with E-state index in [1.807, 2.05) is 38.1 Å². The molecule has 10 aromatic rings. The zero-order chi connectivity index (χ0) is 50.7. The van der Waals surface area contributed by atoms with Gasteiger partial charge in [0.15, 0.2) is 0 Å². The minimum Gasteiger partial charge on any atom is -0.310 e. The summed E-state index contributed by atoms with van der Waals surface area (Å²) in [4.78, 5) is 2.43. The summed E-state index contributed by atoms with van der Waals surface area (Å²) < 4.78 is 30.6. The molecule has 0 aromatic heterocycles. The molecule has 0 aliphatic heterocycles. The van der Waals surface area contributed by atoms with E-state index < -0.39 is 10.8 Å². The standard InChI is InChI=1S/C71H53F2N/c1-7-46-21-25-48(26-22-46)70(61-37-29-50(72)39-44(61)3)64-19-13-10-16-56(64)59-35-32-53(42-67(59)70)74(52-31-34-58-55-15-9-12-18-63(55)69(5,6)66(58)41-52)54-33-36-60-57-17-11-14-20-65(57)71(68(60)43-54,49-27-23-47(8-2)24-28-49)62-38-30-51(73)40-45(62)4/h7-43H,1-2H2,3-6H3. The molecule has 0 spiro atoms. The Morgan fingerprint density at radius 1 is 0.351 bits per heavy atom. The van der Waals surface area contributed by atoms with Gasteiger partial charge in [0, 0.05) is 22.5 Å². The Balaban J connectivity index is 1.12. The summed E-state index contributed by atoms with van der Waals surface area (Å²) >= 11 is 0. The molecule has 0 bridgehead atoms. The average Bonchev–Trinajstić information content (AvgIpc) is 3.97. The molecule has 3 aliphatic carbocycles. The van der Waals surface area contributed by atoms with Gasteiger partial charge in [0.05, 0.1) is 10.8 Å². The molecule has 1 nitrogen and oxygen atoms in total. The van der Waals surface area contributed by atoms with Crippen LogP contribution in [0.15, 0.2) is 225 Å². The Bertz CT molecular complexity index is 3760. The second kappa shape index (κ2) is 16.7. The van der Waals surface area contributed by atoms with Crippen molar-refractivity contribution < 1.29 is 8.78 Å². The van der Waals surface area contributed by atoms with Crippen molar-refractivity contribution in [2.75, 3.05) is 4.90 Å². The van der Waals surface area contributed by atoms with Crippen molar-refractivity contribution >= 4 is 29.2 Å². The van der Waals surface area contributed by atoms with Gasteiger partial charge in [-0.05, 0) is 186 Å². The maximum atomic E-state index is 15.3. The van der Waals surface area contributed by atoms with Crippen LogP contribution in [0.5, 0.6) is 0 Å². The summed E-state index contributed by atoms with van der Waals surface area (Å²) in [7, 11) is 0. The zero-order valence-corrected chi connectivity index (χ0v) is 42.0. The first-order valence-electron chi connectivity index (χ1n) is 25.5. The van der Waals surface area contributed by atoms with Crippen LogP contribution in [0.25, 0.3) is 45.5 Å². The van der Waals surface area contributed by atoms with Gasteiger partial charge >= 0.3 is 0 Å². The fourth-order valence-corrected chi connectivity index (χ4v) is 13.4. The molecule has 356 valence electrons. The van der Waals surface area contributed by atoms with E-state index in [4.69, 9.17) is 0 Å². The highest BCUT2D eigenvalue weighted by Crippen LogP contribution is 2.61. The molecule has 0 radical (unpaired) electrons. The number of benzene rings is 10. The number of hydrogen-bond donors (Lipinski definition) is 0. The molecule has 13 rings (SSSR count). The third-order valence-corrected chi connectivity index (χ3v) is 16.7. The van der Waals surface area contributed by atoms with Crippen molar-refractivity contribution in [1.29, 1.82) is 0 Å². The zero-order valence-electron chi connectivity index (χ0n) is 42.0. The van der Waals surface area contributed by atoms with Gasteiger partial charge in [0.25, 0.3) is 0 Å². The normalized spacial score (nSPS) is 17.1. The summed E-state index contributed by atoms with van der Waals surface area (Å²) in [6.07, 6.45) is 3.75. The smallest absolute Gasteiger partial charge is 0.123 e. The van der Waals surface area contributed by atoms with Crippen LogP contribution in [0.1, 0.15) is 91.7 Å². The molecule has 0 heterocycles. The van der Waals surface area contributed by atoms with Crippen LogP contribution >= 0.6 is 0 Å². The maximum absolute atomic E-state index is 15.3. The van der Waals surface area contributed by atoms with E-state index >= 15 is 8.78 Å². The van der Waals surface area contributed by atoms with E-state index in [-0.39, 0.29) is 17.0 Å². The molecular formula is C71H53F2N. The predicted octanol–water partition coefficient (Wildman–Crippen LogP) is 18.4. The quantitative estimate of drug-likeness (QED) is 0.139. The molecule has 0 saturated heterocycles. The van der Waals surface area contributed by atoms with Crippen LogP contribution in [0.4, 0.5) is 25.8 Å². The van der Waals surface area contributed by atoms with E-state index in [9.17, 15) is 0 Å². The molecular weight excluding hydrogens is 905 g/mol. The number of rotatable bonds is 9. The van der Waals surface area contributed by atoms with E-state index in [1.165, 1.54) is 22.3 Å². The lowest BCUT2D eigenvalue weighted by Crippen LogP contribution is -2.30. The van der Waals surface area contributed by atoms with E-state index in [0.29, 0.717) is 0 Å². The average molecular weight is 958 g/mol. The number of aryl methyl sites for hydroxylation is 2. The van der Waals surface area contributed by atoms with Crippen LogP contribution < -0.4 is 4.90 Å². The lowest BCUT2D eigenvalue weighted by atomic mass is 9.66. The van der Waals surface area contributed by atoms with Crippen LogP contribution in [0, 0.1) is 25.5 Å². The van der Waals surface area contributed by atoms with Gasteiger partial charge < -0.3 is 4.90 Å². The molecule has 0 saturated carbocycles. The monoisotopic (exact) mass is 957 g/mol. The molecule has 3 aliphatic rings. The maximum Gasteiger partial charge on any atom is 0.123 e. The van der Waals surface area contributed by atoms with Crippen molar-refractivity contribution in [3.8, 4) is 33.4 Å². The van der Waals surface area contributed by atoms with Crippen LogP contribution in [-0.4, -0.2) is 0 Å². The summed E-state index contributed by atoms with van der Waals surface area (Å²) in [5, 5.41) is 0.